The molecule has 0 heterocycles. The van der Waals surface area contributed by atoms with Gasteiger partial charge in [-0.1, -0.05) is 6.07 Å². The Kier molecular flexibility index (Phi) is 6.25. The zero-order valence-corrected chi connectivity index (χ0v) is 12.3. The number of carbonyl (C=O) groups is 2. The van der Waals surface area contributed by atoms with Gasteiger partial charge < -0.3 is 25.4 Å². The molecule has 22 heavy (non-hydrogen) atoms. The Morgan fingerprint density at radius 3 is 2.68 bits per heavy atom. The van der Waals surface area contributed by atoms with Crippen LogP contribution in [0.1, 0.15) is 24.2 Å². The molecule has 0 unspecified atom stereocenters. The number of nitrogens with zero attached hydrogens (tertiary/aromatic N) is 2. The van der Waals surface area contributed by atoms with Crippen molar-refractivity contribution in [3.63, 3.8) is 0 Å². The van der Waals surface area contributed by atoms with E-state index in [4.69, 9.17) is 15.0 Å². The van der Waals surface area contributed by atoms with Crippen molar-refractivity contribution in [2.24, 2.45) is 0 Å². The Morgan fingerprint density at radius 1 is 1.41 bits per heavy atom. The summed E-state index contributed by atoms with van der Waals surface area (Å²) in [6.07, 6.45) is 0.600. The summed E-state index contributed by atoms with van der Waals surface area (Å²) in [6, 6.07) is 6.23. The number of carbonyl (C=O) groups excluding carboxylic acids is 1. The van der Waals surface area contributed by atoms with Crippen molar-refractivity contribution < 1.29 is 29.0 Å². The summed E-state index contributed by atoms with van der Waals surface area (Å²) < 4.78 is 10.3. The van der Waals surface area contributed by atoms with Gasteiger partial charge in [0.15, 0.2) is 0 Å². The molecule has 1 atom stereocenters. The van der Waals surface area contributed by atoms with Gasteiger partial charge >= 0.3 is 17.9 Å². The average Bonchev–Trinajstić information content (AvgIpc) is 2.48. The van der Waals surface area contributed by atoms with Gasteiger partial charge in [-0.25, -0.2) is 4.79 Å². The van der Waals surface area contributed by atoms with E-state index in [2.05, 4.69) is 10.1 Å². The fourth-order valence-electron chi connectivity index (χ4n) is 1.72. The summed E-state index contributed by atoms with van der Waals surface area (Å²) in [4.78, 5) is 26.3. The summed E-state index contributed by atoms with van der Waals surface area (Å²) in [5.41, 5.74) is 6.56. The lowest BCUT2D eigenvalue weighted by molar-refractivity contribution is -0.161. The third-order valence-corrected chi connectivity index (χ3v) is 2.64. The van der Waals surface area contributed by atoms with Crippen molar-refractivity contribution in [1.29, 1.82) is 0 Å². The van der Waals surface area contributed by atoms with Gasteiger partial charge in [-0.15, -0.1) is 0 Å². The Hall–Kier alpha value is -2.70. The fourth-order valence-corrected chi connectivity index (χ4v) is 1.72. The van der Waals surface area contributed by atoms with Crippen molar-refractivity contribution in [2.45, 2.75) is 19.6 Å². The van der Waals surface area contributed by atoms with Crippen molar-refractivity contribution in [3.8, 4) is 5.75 Å². The molecule has 0 spiro atoms. The molecule has 0 radical (unpaired) electrons. The molecular formula is C14H17N3O5. The molecular weight excluding hydrogens is 290 g/mol. The predicted molar refractivity (Wildman–Crippen MR) is 76.8 cm³/mol. The van der Waals surface area contributed by atoms with E-state index in [0.29, 0.717) is 18.6 Å². The molecule has 8 heteroatoms. The van der Waals surface area contributed by atoms with E-state index in [9.17, 15) is 14.7 Å². The molecule has 0 aromatic heterocycles. The second-order valence-corrected chi connectivity index (χ2v) is 4.13. The molecule has 1 aromatic carbocycles. The van der Waals surface area contributed by atoms with Crippen LogP contribution in [0.25, 0.3) is 5.53 Å². The SMILES string of the molecule is CCOc1cccc(C(=O)N[C@](C=[N+]=[N-])(OCC)C(=O)O)c1. The number of ether oxygens (including phenoxy) is 2. The Labute approximate surface area is 127 Å². The topological polar surface area (TPSA) is 121 Å². The molecule has 0 aliphatic carbocycles. The minimum Gasteiger partial charge on any atom is -0.494 e. The zero-order valence-electron chi connectivity index (χ0n) is 12.3. The lowest BCUT2D eigenvalue weighted by Gasteiger charge is -2.22. The van der Waals surface area contributed by atoms with Gasteiger partial charge in [0, 0.05) is 12.2 Å². The molecule has 0 saturated carbocycles. The molecule has 8 nitrogen and oxygen atoms in total. The third-order valence-electron chi connectivity index (χ3n) is 2.64. The first kappa shape index (κ1) is 17.4. The van der Waals surface area contributed by atoms with E-state index in [1.54, 1.807) is 26.0 Å². The van der Waals surface area contributed by atoms with E-state index in [1.807, 2.05) is 0 Å². The van der Waals surface area contributed by atoms with E-state index in [-0.39, 0.29) is 12.2 Å². The second-order valence-electron chi connectivity index (χ2n) is 4.13. The highest BCUT2D eigenvalue weighted by molar-refractivity contribution is 6.04. The summed E-state index contributed by atoms with van der Waals surface area (Å²) in [6.45, 7) is 3.76. The van der Waals surface area contributed by atoms with Crippen LogP contribution in [-0.4, -0.2) is 46.9 Å². The van der Waals surface area contributed by atoms with Crippen LogP contribution in [0.4, 0.5) is 0 Å². The van der Waals surface area contributed by atoms with Crippen LogP contribution in [0, 0.1) is 0 Å². The third kappa shape index (κ3) is 4.15. The monoisotopic (exact) mass is 307 g/mol. The fraction of sp³-hybridized carbons (Fsp3) is 0.357. The van der Waals surface area contributed by atoms with Crippen molar-refractivity contribution in [1.82, 2.24) is 5.32 Å². The zero-order chi connectivity index (χ0) is 16.6. The molecule has 1 rings (SSSR count). The van der Waals surface area contributed by atoms with E-state index < -0.39 is 17.6 Å². The van der Waals surface area contributed by atoms with Crippen LogP contribution in [0.5, 0.6) is 5.75 Å². The summed E-state index contributed by atoms with van der Waals surface area (Å²) in [7, 11) is 0. The molecule has 0 aliphatic heterocycles. The predicted octanol–water partition coefficient (Wildman–Crippen LogP) is 0.933. The van der Waals surface area contributed by atoms with Crippen molar-refractivity contribution in [3.05, 3.63) is 35.4 Å². The number of benzene rings is 1. The van der Waals surface area contributed by atoms with Gasteiger partial charge in [-0.3, -0.25) is 4.79 Å². The smallest absolute Gasteiger partial charge is 0.369 e. The Bertz CT molecular complexity index is 594. The van der Waals surface area contributed by atoms with Gasteiger partial charge in [0.25, 0.3) is 5.91 Å². The maximum atomic E-state index is 12.2. The number of hydrogen-bond acceptors (Lipinski definition) is 4. The summed E-state index contributed by atoms with van der Waals surface area (Å²) in [5.74, 6) is -1.75. The molecule has 1 aromatic rings. The van der Waals surface area contributed by atoms with Crippen molar-refractivity contribution in [2.75, 3.05) is 13.2 Å². The number of hydrogen-bond donors (Lipinski definition) is 2. The molecule has 0 bridgehead atoms. The minimum atomic E-state index is -2.25. The van der Waals surface area contributed by atoms with Gasteiger partial charge in [0.1, 0.15) is 5.75 Å². The standard InChI is InChI=1S/C14H17N3O5/c1-3-21-11-7-5-6-10(8-11)12(18)17-14(9-16-15,13(19)20)22-4-2/h5-9H,3-4H2,1-2H3,(H,17,18)(H,19,20)/t14-/m1/s1. The Balaban J connectivity index is 3.07. The van der Waals surface area contributed by atoms with Crippen LogP contribution >= 0.6 is 0 Å². The lowest BCUT2D eigenvalue weighted by atomic mass is 10.1. The second kappa shape index (κ2) is 7.92. The molecule has 2 N–H and O–H groups in total. The van der Waals surface area contributed by atoms with E-state index in [0.717, 1.165) is 0 Å². The molecule has 0 saturated heterocycles. The maximum Gasteiger partial charge on any atom is 0.369 e. The highest BCUT2D eigenvalue weighted by Crippen LogP contribution is 2.14. The highest BCUT2D eigenvalue weighted by Gasteiger charge is 2.45. The van der Waals surface area contributed by atoms with Crippen LogP contribution < -0.4 is 10.1 Å². The van der Waals surface area contributed by atoms with Gasteiger partial charge in [-0.05, 0) is 32.0 Å². The van der Waals surface area contributed by atoms with E-state index in [1.165, 1.54) is 12.1 Å². The first-order chi connectivity index (χ1) is 10.5. The summed E-state index contributed by atoms with van der Waals surface area (Å²) >= 11 is 0. The average molecular weight is 307 g/mol. The first-order valence-corrected chi connectivity index (χ1v) is 6.60. The van der Waals surface area contributed by atoms with Gasteiger partial charge in [-0.2, -0.15) is 4.79 Å². The van der Waals surface area contributed by atoms with Gasteiger partial charge in [0.2, 0.25) is 0 Å². The van der Waals surface area contributed by atoms with Gasteiger partial charge in [0.05, 0.1) is 6.61 Å². The number of aliphatic carboxylic acids is 1. The normalized spacial score (nSPS) is 12.6. The number of carboxylic acids is 1. The quantitative estimate of drug-likeness (QED) is 0.320. The van der Waals surface area contributed by atoms with Crippen LogP contribution in [0.3, 0.4) is 0 Å². The first-order valence-electron chi connectivity index (χ1n) is 6.60. The number of nitrogens with one attached hydrogen (secondary N) is 1. The van der Waals surface area contributed by atoms with Crippen LogP contribution in [-0.2, 0) is 9.53 Å². The molecule has 0 aliphatic rings. The van der Waals surface area contributed by atoms with Crippen molar-refractivity contribution >= 4 is 18.1 Å². The molecule has 118 valence electrons. The molecule has 1 amide bonds. The maximum absolute atomic E-state index is 12.2. The minimum absolute atomic E-state index is 0.0163. The Morgan fingerprint density at radius 2 is 2.14 bits per heavy atom. The summed E-state index contributed by atoms with van der Waals surface area (Å²) in [5, 5.41) is 11.4. The number of carboxylic acid groups (broad SMARTS) is 1. The lowest BCUT2D eigenvalue weighted by Crippen LogP contribution is -2.58. The van der Waals surface area contributed by atoms with E-state index >= 15 is 0 Å². The number of rotatable bonds is 8. The van der Waals surface area contributed by atoms with Crippen LogP contribution in [0.2, 0.25) is 0 Å². The van der Waals surface area contributed by atoms with Crippen LogP contribution in [0.15, 0.2) is 24.3 Å². The number of amides is 1. The molecule has 0 fully saturated rings. The largest absolute Gasteiger partial charge is 0.494 e. The highest BCUT2D eigenvalue weighted by atomic mass is 16.5.